The molecule has 128 valence electrons. The van der Waals surface area contributed by atoms with Crippen LogP contribution in [0.1, 0.15) is 21.6 Å². The van der Waals surface area contributed by atoms with Crippen LogP contribution < -0.4 is 5.32 Å². The summed E-state index contributed by atoms with van der Waals surface area (Å²) in [6.45, 7) is 1.89. The Morgan fingerprint density at radius 2 is 2.04 bits per heavy atom. The Morgan fingerprint density at radius 1 is 1.28 bits per heavy atom. The highest BCUT2D eigenvalue weighted by Gasteiger charge is 2.20. The first-order valence-corrected chi connectivity index (χ1v) is 8.31. The molecule has 0 aliphatic carbocycles. The maximum atomic E-state index is 12.5. The zero-order valence-corrected chi connectivity index (χ0v) is 14.9. The van der Waals surface area contributed by atoms with Gasteiger partial charge in [0.05, 0.1) is 12.1 Å². The third-order valence-electron chi connectivity index (χ3n) is 3.93. The Kier molecular flexibility index (Phi) is 4.74. The smallest absolute Gasteiger partial charge is 0.352 e. The average molecular weight is 375 g/mol. The van der Waals surface area contributed by atoms with Crippen LogP contribution in [0, 0.1) is 6.92 Å². The lowest BCUT2D eigenvalue weighted by molar-refractivity contribution is -0.115. The van der Waals surface area contributed by atoms with E-state index in [4.69, 9.17) is 11.6 Å². The third kappa shape index (κ3) is 3.50. The van der Waals surface area contributed by atoms with Gasteiger partial charge < -0.3 is 15.4 Å². The quantitative estimate of drug-likeness (QED) is 0.514. The predicted molar refractivity (Wildman–Crippen MR) is 101 cm³/mol. The molecule has 0 radical (unpaired) electrons. The van der Waals surface area contributed by atoms with Gasteiger partial charge in [-0.2, -0.15) is 0 Å². The summed E-state index contributed by atoms with van der Waals surface area (Å²) in [5.41, 5.74) is 2.53. The maximum Gasteiger partial charge on any atom is 0.352 e. The van der Waals surface area contributed by atoms with E-state index < -0.39 is 5.97 Å². The van der Waals surface area contributed by atoms with Gasteiger partial charge in [0, 0.05) is 26.4 Å². The zero-order chi connectivity index (χ0) is 18.1. The van der Waals surface area contributed by atoms with Crippen molar-refractivity contribution < 1.29 is 14.7 Å². The van der Waals surface area contributed by atoms with Crippen LogP contribution in [0.2, 0.25) is 5.02 Å². The molecule has 2 aromatic carbocycles. The number of aromatic nitrogens is 1. The fourth-order valence-corrected chi connectivity index (χ4v) is 3.08. The number of benzene rings is 2. The molecule has 0 fully saturated rings. The minimum Gasteiger partial charge on any atom is -0.477 e. The van der Waals surface area contributed by atoms with Crippen molar-refractivity contribution >= 4 is 52.7 Å². The minimum atomic E-state index is -1.12. The molecule has 0 spiro atoms. The van der Waals surface area contributed by atoms with Crippen molar-refractivity contribution in [2.24, 2.45) is 0 Å². The molecule has 7 heteroatoms. The van der Waals surface area contributed by atoms with Gasteiger partial charge in [-0.1, -0.05) is 23.7 Å². The van der Waals surface area contributed by atoms with Crippen LogP contribution in [0.3, 0.4) is 0 Å². The second-order valence-corrected chi connectivity index (χ2v) is 6.55. The minimum absolute atomic E-state index is 0.0113. The van der Waals surface area contributed by atoms with E-state index >= 15 is 0 Å². The number of carboxylic acid groups (broad SMARTS) is 1. The van der Waals surface area contributed by atoms with Gasteiger partial charge in [0.2, 0.25) is 5.91 Å². The van der Waals surface area contributed by atoms with Gasteiger partial charge >= 0.3 is 5.97 Å². The maximum absolute atomic E-state index is 12.5. The largest absolute Gasteiger partial charge is 0.477 e. The fourth-order valence-electron chi connectivity index (χ4n) is 2.70. The summed E-state index contributed by atoms with van der Waals surface area (Å²) in [5, 5.41) is 13.3. The first-order chi connectivity index (χ1) is 11.9. The molecule has 0 bridgehead atoms. The predicted octanol–water partition coefficient (Wildman–Crippen LogP) is 4.30. The molecule has 25 heavy (non-hydrogen) atoms. The van der Waals surface area contributed by atoms with Crippen LogP contribution in [0.25, 0.3) is 10.9 Å². The molecule has 1 aromatic heterocycles. The average Bonchev–Trinajstić information content (AvgIpc) is 2.90. The summed E-state index contributed by atoms with van der Waals surface area (Å²) < 4.78 is 0. The first kappa shape index (κ1) is 17.4. The lowest BCUT2D eigenvalue weighted by Crippen LogP contribution is -2.16. The van der Waals surface area contributed by atoms with Crippen LogP contribution in [-0.4, -0.2) is 22.0 Å². The lowest BCUT2D eigenvalue weighted by Gasteiger charge is -2.10. The van der Waals surface area contributed by atoms with Crippen molar-refractivity contribution in [3.8, 4) is 0 Å². The van der Waals surface area contributed by atoms with Crippen molar-refractivity contribution in [2.75, 3.05) is 5.32 Å². The summed E-state index contributed by atoms with van der Waals surface area (Å²) in [6.07, 6.45) is -0.0941. The van der Waals surface area contributed by atoms with Gasteiger partial charge in [-0.15, -0.1) is 12.6 Å². The number of thiol groups is 1. The van der Waals surface area contributed by atoms with Crippen molar-refractivity contribution in [3.05, 3.63) is 58.2 Å². The summed E-state index contributed by atoms with van der Waals surface area (Å²) in [6, 6.07) is 10.5. The number of halogens is 1. The van der Waals surface area contributed by atoms with Gasteiger partial charge in [0.1, 0.15) is 5.69 Å². The SMILES string of the molecule is Cc1cccc(NC(=O)Cc2c(C(=O)O)[nH]c3ccc(Cl)cc23)c1S. The van der Waals surface area contributed by atoms with Crippen molar-refractivity contribution in [3.63, 3.8) is 0 Å². The molecule has 3 rings (SSSR count). The van der Waals surface area contributed by atoms with Gasteiger partial charge in [-0.3, -0.25) is 4.79 Å². The summed E-state index contributed by atoms with van der Waals surface area (Å²) in [5.74, 6) is -1.45. The fraction of sp³-hybridized carbons (Fsp3) is 0.111. The van der Waals surface area contributed by atoms with E-state index in [1.54, 1.807) is 24.3 Å². The first-order valence-electron chi connectivity index (χ1n) is 7.48. The number of H-pyrrole nitrogens is 1. The summed E-state index contributed by atoms with van der Waals surface area (Å²) >= 11 is 10.4. The Bertz CT molecular complexity index is 997. The summed E-state index contributed by atoms with van der Waals surface area (Å²) in [4.78, 5) is 27.5. The second kappa shape index (κ2) is 6.82. The van der Waals surface area contributed by atoms with Gasteiger partial charge in [0.25, 0.3) is 0 Å². The van der Waals surface area contributed by atoms with Gasteiger partial charge in [-0.05, 0) is 36.8 Å². The number of aryl methyl sites for hydroxylation is 1. The van der Waals surface area contributed by atoms with Gasteiger partial charge in [-0.25, -0.2) is 4.79 Å². The number of rotatable bonds is 4. The molecule has 0 saturated heterocycles. The molecule has 0 saturated carbocycles. The molecular formula is C18H15ClN2O3S. The number of aromatic amines is 1. The monoisotopic (exact) mass is 374 g/mol. The molecule has 0 unspecified atom stereocenters. The molecular weight excluding hydrogens is 360 g/mol. The van der Waals surface area contributed by atoms with Crippen molar-refractivity contribution in [1.82, 2.24) is 4.98 Å². The zero-order valence-electron chi connectivity index (χ0n) is 13.3. The number of carboxylic acids is 1. The number of fused-ring (bicyclic) bond motifs is 1. The number of amides is 1. The highest BCUT2D eigenvalue weighted by molar-refractivity contribution is 7.80. The number of hydrogen-bond acceptors (Lipinski definition) is 3. The second-order valence-electron chi connectivity index (χ2n) is 5.67. The molecule has 3 aromatic rings. The van der Waals surface area contributed by atoms with Crippen LogP contribution in [-0.2, 0) is 11.2 Å². The van der Waals surface area contributed by atoms with Gasteiger partial charge in [0.15, 0.2) is 0 Å². The van der Waals surface area contributed by atoms with E-state index in [0.29, 0.717) is 32.1 Å². The third-order valence-corrected chi connectivity index (χ3v) is 4.76. The van der Waals surface area contributed by atoms with Crippen LogP contribution >= 0.6 is 24.2 Å². The van der Waals surface area contributed by atoms with Crippen molar-refractivity contribution in [2.45, 2.75) is 18.2 Å². The Labute approximate surface area is 154 Å². The molecule has 5 nitrogen and oxygen atoms in total. The number of nitrogens with one attached hydrogen (secondary N) is 2. The molecule has 0 atom stereocenters. The van der Waals surface area contributed by atoms with E-state index in [0.717, 1.165) is 5.56 Å². The van der Waals surface area contributed by atoms with Crippen molar-refractivity contribution in [1.29, 1.82) is 0 Å². The molecule has 3 N–H and O–H groups in total. The Balaban J connectivity index is 1.95. The van der Waals surface area contributed by atoms with E-state index in [2.05, 4.69) is 22.9 Å². The topological polar surface area (TPSA) is 82.2 Å². The normalized spacial score (nSPS) is 10.8. The Hall–Kier alpha value is -2.44. The molecule has 1 amide bonds. The Morgan fingerprint density at radius 3 is 2.76 bits per heavy atom. The van der Waals surface area contributed by atoms with E-state index in [1.807, 2.05) is 19.1 Å². The number of aromatic carboxylic acids is 1. The van der Waals surface area contributed by atoms with Crippen LogP contribution in [0.15, 0.2) is 41.3 Å². The van der Waals surface area contributed by atoms with E-state index in [-0.39, 0.29) is 18.0 Å². The number of carbonyl (C=O) groups is 2. The molecule has 0 aliphatic heterocycles. The number of hydrogen-bond donors (Lipinski definition) is 4. The highest BCUT2D eigenvalue weighted by Crippen LogP contribution is 2.27. The number of anilines is 1. The molecule has 0 aliphatic rings. The van der Waals surface area contributed by atoms with E-state index in [1.165, 1.54) is 0 Å². The highest BCUT2D eigenvalue weighted by atomic mass is 35.5. The van der Waals surface area contributed by atoms with E-state index in [9.17, 15) is 14.7 Å². The molecule has 1 heterocycles. The van der Waals surface area contributed by atoms with Crippen LogP contribution in [0.5, 0.6) is 0 Å². The van der Waals surface area contributed by atoms with Crippen LogP contribution in [0.4, 0.5) is 5.69 Å². The summed E-state index contributed by atoms with van der Waals surface area (Å²) in [7, 11) is 0. The number of carbonyl (C=O) groups excluding carboxylic acids is 1. The lowest BCUT2D eigenvalue weighted by atomic mass is 10.1. The standard InChI is InChI=1S/C18H15ClN2O3S/c1-9-3-2-4-14(17(9)25)20-15(22)8-12-11-7-10(19)5-6-13(11)21-16(12)18(23)24/h2-7,21,25H,8H2,1H3,(H,20,22)(H,23,24).